The van der Waals surface area contributed by atoms with Crippen molar-refractivity contribution in [1.82, 2.24) is 0 Å². The first-order valence-corrected chi connectivity index (χ1v) is 6.70. The van der Waals surface area contributed by atoms with E-state index in [1.165, 1.54) is 24.8 Å². The summed E-state index contributed by atoms with van der Waals surface area (Å²) in [6.45, 7) is 2.23. The lowest BCUT2D eigenvalue weighted by Gasteiger charge is -1.91. The molecule has 0 atom stereocenters. The fourth-order valence-electron chi connectivity index (χ4n) is 0.977. The third kappa shape index (κ3) is 5.17. The Kier molecular flexibility index (Phi) is 6.03. The van der Waals surface area contributed by atoms with Crippen LogP contribution in [0.5, 0.6) is 0 Å². The lowest BCUT2D eigenvalue weighted by Crippen LogP contribution is -1.70. The summed E-state index contributed by atoms with van der Waals surface area (Å²) < 4.78 is 0. The lowest BCUT2D eigenvalue weighted by molar-refractivity contribution is 0.815. The molecule has 0 spiro atoms. The minimum absolute atomic E-state index is 1.12. The highest BCUT2D eigenvalue weighted by molar-refractivity contribution is 8.01. The second-order valence-electron chi connectivity index (χ2n) is 2.96. The summed E-state index contributed by atoms with van der Waals surface area (Å²) in [5.74, 6) is 1.12. The molecule has 1 aromatic rings. The SMILES string of the molecule is CCCC/C=C\SCc1ccsc1. The largest absolute Gasteiger partial charge is 0.152 e. The first-order chi connectivity index (χ1) is 6.43. The molecule has 0 bridgehead atoms. The van der Waals surface area contributed by atoms with E-state index in [-0.39, 0.29) is 0 Å². The number of hydrogen-bond donors (Lipinski definition) is 0. The van der Waals surface area contributed by atoms with Crippen molar-refractivity contribution in [2.24, 2.45) is 0 Å². The topological polar surface area (TPSA) is 0 Å². The Balaban J connectivity index is 2.04. The molecule has 1 aromatic heterocycles. The van der Waals surface area contributed by atoms with Gasteiger partial charge in [-0.3, -0.25) is 0 Å². The van der Waals surface area contributed by atoms with E-state index in [0.717, 1.165) is 5.75 Å². The van der Waals surface area contributed by atoms with E-state index in [1.54, 1.807) is 11.3 Å². The zero-order valence-electron chi connectivity index (χ0n) is 8.03. The zero-order chi connectivity index (χ0) is 9.36. The van der Waals surface area contributed by atoms with Crippen molar-refractivity contribution < 1.29 is 0 Å². The van der Waals surface area contributed by atoms with E-state index in [9.17, 15) is 0 Å². The maximum Gasteiger partial charge on any atom is 0.0234 e. The van der Waals surface area contributed by atoms with Crippen LogP contribution in [0, 0.1) is 0 Å². The van der Waals surface area contributed by atoms with Gasteiger partial charge in [0, 0.05) is 5.75 Å². The molecule has 0 radical (unpaired) electrons. The van der Waals surface area contributed by atoms with Gasteiger partial charge in [-0.15, -0.1) is 11.8 Å². The summed E-state index contributed by atoms with van der Waals surface area (Å²) in [7, 11) is 0. The van der Waals surface area contributed by atoms with Crippen LogP contribution in [0.1, 0.15) is 31.7 Å². The quantitative estimate of drug-likeness (QED) is 0.617. The maximum absolute atomic E-state index is 2.28. The van der Waals surface area contributed by atoms with Crippen molar-refractivity contribution in [2.45, 2.75) is 31.9 Å². The Morgan fingerprint density at radius 2 is 2.46 bits per heavy atom. The summed E-state index contributed by atoms with van der Waals surface area (Å²) in [5.41, 5.74) is 1.44. The van der Waals surface area contributed by atoms with E-state index < -0.39 is 0 Å². The summed E-state index contributed by atoms with van der Waals surface area (Å²) in [6, 6.07) is 2.19. The van der Waals surface area contributed by atoms with Gasteiger partial charge in [0.1, 0.15) is 0 Å². The number of thiophene rings is 1. The van der Waals surface area contributed by atoms with E-state index in [0.29, 0.717) is 0 Å². The first kappa shape index (κ1) is 10.9. The van der Waals surface area contributed by atoms with E-state index >= 15 is 0 Å². The van der Waals surface area contributed by atoms with Crippen LogP contribution in [0.3, 0.4) is 0 Å². The summed E-state index contributed by atoms with van der Waals surface area (Å²) in [5, 5.41) is 6.58. The van der Waals surface area contributed by atoms with E-state index in [4.69, 9.17) is 0 Å². The Morgan fingerprint density at radius 1 is 1.54 bits per heavy atom. The standard InChI is InChI=1S/C11H16S2/c1-2-3-4-5-7-12-9-11-6-8-13-10-11/h5-8,10H,2-4,9H2,1H3/b7-5-. The molecule has 0 aromatic carbocycles. The van der Waals surface area contributed by atoms with Gasteiger partial charge in [0.15, 0.2) is 0 Å². The van der Waals surface area contributed by atoms with Crippen LogP contribution in [0.15, 0.2) is 28.3 Å². The fourth-order valence-corrected chi connectivity index (χ4v) is 2.49. The van der Waals surface area contributed by atoms with Crippen LogP contribution >= 0.6 is 23.1 Å². The molecule has 1 heterocycles. The van der Waals surface area contributed by atoms with Crippen LogP contribution in [0.4, 0.5) is 0 Å². The van der Waals surface area contributed by atoms with Crippen LogP contribution in [0.25, 0.3) is 0 Å². The van der Waals surface area contributed by atoms with Gasteiger partial charge in [-0.2, -0.15) is 11.3 Å². The molecule has 2 heteroatoms. The Bertz CT molecular complexity index is 224. The van der Waals surface area contributed by atoms with Crippen molar-refractivity contribution in [3.63, 3.8) is 0 Å². The van der Waals surface area contributed by atoms with Crippen LogP contribution in [-0.2, 0) is 5.75 Å². The maximum atomic E-state index is 2.28. The highest BCUT2D eigenvalue weighted by atomic mass is 32.2. The Labute approximate surface area is 89.1 Å². The molecule has 0 fully saturated rings. The zero-order valence-corrected chi connectivity index (χ0v) is 9.66. The average Bonchev–Trinajstić information content (AvgIpc) is 2.63. The second kappa shape index (κ2) is 7.22. The van der Waals surface area contributed by atoms with Gasteiger partial charge in [0.05, 0.1) is 0 Å². The number of thioether (sulfide) groups is 1. The highest BCUT2D eigenvalue weighted by Crippen LogP contribution is 2.16. The lowest BCUT2D eigenvalue weighted by atomic mass is 10.2. The fraction of sp³-hybridized carbons (Fsp3) is 0.455. The number of rotatable bonds is 6. The molecular formula is C11H16S2. The van der Waals surface area contributed by atoms with Gasteiger partial charge >= 0.3 is 0 Å². The van der Waals surface area contributed by atoms with Crippen molar-refractivity contribution in [1.29, 1.82) is 0 Å². The van der Waals surface area contributed by atoms with Gasteiger partial charge in [0.2, 0.25) is 0 Å². The molecule has 13 heavy (non-hydrogen) atoms. The minimum Gasteiger partial charge on any atom is -0.152 e. The number of unbranched alkanes of at least 4 members (excludes halogenated alkanes) is 2. The van der Waals surface area contributed by atoms with Gasteiger partial charge in [-0.1, -0.05) is 25.8 Å². The monoisotopic (exact) mass is 212 g/mol. The van der Waals surface area contributed by atoms with Gasteiger partial charge in [-0.25, -0.2) is 0 Å². The molecule has 0 N–H and O–H groups in total. The predicted molar refractivity (Wildman–Crippen MR) is 64.3 cm³/mol. The Hall–Kier alpha value is -0.210. The van der Waals surface area contributed by atoms with Crippen LogP contribution in [0.2, 0.25) is 0 Å². The Morgan fingerprint density at radius 3 is 3.15 bits per heavy atom. The third-order valence-electron chi connectivity index (χ3n) is 1.75. The summed E-state index contributed by atoms with van der Waals surface area (Å²) in [4.78, 5) is 0. The minimum atomic E-state index is 1.12. The van der Waals surface area contributed by atoms with Gasteiger partial charge in [0.25, 0.3) is 0 Å². The molecule has 0 amide bonds. The van der Waals surface area contributed by atoms with Gasteiger partial charge < -0.3 is 0 Å². The molecule has 0 aliphatic rings. The van der Waals surface area contributed by atoms with E-state index in [1.807, 2.05) is 11.8 Å². The van der Waals surface area contributed by atoms with Crippen LogP contribution < -0.4 is 0 Å². The van der Waals surface area contributed by atoms with Crippen molar-refractivity contribution in [3.05, 3.63) is 33.9 Å². The van der Waals surface area contributed by atoms with Crippen molar-refractivity contribution in [3.8, 4) is 0 Å². The molecular weight excluding hydrogens is 196 g/mol. The van der Waals surface area contributed by atoms with Crippen molar-refractivity contribution in [2.75, 3.05) is 0 Å². The molecule has 0 aliphatic heterocycles. The van der Waals surface area contributed by atoms with E-state index in [2.05, 4.69) is 35.2 Å². The van der Waals surface area contributed by atoms with Crippen LogP contribution in [-0.4, -0.2) is 0 Å². The molecule has 72 valence electrons. The molecule has 0 nitrogen and oxygen atoms in total. The van der Waals surface area contributed by atoms with Gasteiger partial charge in [-0.05, 0) is 34.2 Å². The van der Waals surface area contributed by atoms with Crippen molar-refractivity contribution >= 4 is 23.1 Å². The first-order valence-electron chi connectivity index (χ1n) is 4.71. The smallest absolute Gasteiger partial charge is 0.0234 e. The molecule has 0 aliphatic carbocycles. The molecule has 1 rings (SSSR count). The number of hydrogen-bond acceptors (Lipinski definition) is 2. The molecule has 0 saturated heterocycles. The normalized spacial score (nSPS) is 11.2. The third-order valence-corrected chi connectivity index (χ3v) is 3.36. The summed E-state index contributed by atoms with van der Waals surface area (Å²) in [6.07, 6.45) is 6.11. The molecule has 0 unspecified atom stereocenters. The highest BCUT2D eigenvalue weighted by Gasteiger charge is 1.89. The molecule has 0 saturated carbocycles. The predicted octanol–water partition coefficient (Wildman–Crippen LogP) is 4.69. The number of allylic oxidation sites excluding steroid dienone is 1. The second-order valence-corrected chi connectivity index (χ2v) is 4.63. The summed E-state index contributed by atoms with van der Waals surface area (Å²) >= 11 is 3.66. The average molecular weight is 212 g/mol.